The number of carbonyl (C=O) groups excluding carboxylic acids is 4. The monoisotopic (exact) mass is 598 g/mol. The number of allylic oxidation sites excluding steroid dienone is 1. The van der Waals surface area contributed by atoms with Crippen LogP contribution in [0.3, 0.4) is 0 Å². The second kappa shape index (κ2) is 13.0. The molecule has 2 heterocycles. The SMILES string of the molecule is COc1ccc(C(=O)N[C@@H]2C[C@H]3C(=O)N[C@]4(C(=O)O)C[C@H]4/C=C\CCCCC[C@H](NC(=O)OC(C)(C)C)C(=O)N3C2)cc1. The van der Waals surface area contributed by atoms with Crippen LogP contribution in [0.15, 0.2) is 36.4 Å². The Bertz CT molecular complexity index is 1260. The lowest BCUT2D eigenvalue weighted by Crippen LogP contribution is -2.56. The van der Waals surface area contributed by atoms with Crippen LogP contribution in [0.25, 0.3) is 0 Å². The molecule has 0 radical (unpaired) electrons. The fourth-order valence-electron chi connectivity index (χ4n) is 5.67. The molecule has 1 aromatic rings. The van der Waals surface area contributed by atoms with Crippen LogP contribution in [0, 0.1) is 5.92 Å². The standard InChI is InChI=1S/C31H42N4O8/c1-30(2,3)43-29(41)33-23-11-9-7-5-6-8-10-20-17-31(20,28(39)40)34-26(37)24-16-21(18-35(24)27(23)38)32-25(36)19-12-14-22(42-4)15-13-19/h8,10,12-15,20-21,23-24H,5-7,9,11,16-18H2,1-4H3,(H,32,36)(H,33,41)(H,34,37)(H,39,40)/b10-8-/t20-,21-,23+,24+,31-/m1/s1. The predicted octanol–water partition coefficient (Wildman–Crippen LogP) is 2.77. The number of rotatable bonds is 5. The molecule has 1 saturated carbocycles. The zero-order valence-corrected chi connectivity index (χ0v) is 25.2. The largest absolute Gasteiger partial charge is 0.497 e. The predicted molar refractivity (Wildman–Crippen MR) is 156 cm³/mol. The lowest BCUT2D eigenvalue weighted by molar-refractivity contribution is -0.145. The van der Waals surface area contributed by atoms with E-state index in [4.69, 9.17) is 9.47 Å². The zero-order valence-electron chi connectivity index (χ0n) is 25.2. The maximum Gasteiger partial charge on any atom is 0.408 e. The average molecular weight is 599 g/mol. The van der Waals surface area contributed by atoms with Gasteiger partial charge in [-0.1, -0.05) is 25.0 Å². The van der Waals surface area contributed by atoms with E-state index in [1.54, 1.807) is 45.0 Å². The van der Waals surface area contributed by atoms with Gasteiger partial charge < -0.3 is 35.4 Å². The van der Waals surface area contributed by atoms with Crippen LogP contribution in [0.2, 0.25) is 0 Å². The third kappa shape index (κ3) is 7.85. The van der Waals surface area contributed by atoms with Gasteiger partial charge >= 0.3 is 12.1 Å². The molecule has 12 nitrogen and oxygen atoms in total. The summed E-state index contributed by atoms with van der Waals surface area (Å²) in [4.78, 5) is 67.0. The van der Waals surface area contributed by atoms with E-state index in [2.05, 4.69) is 16.0 Å². The molecular formula is C31H42N4O8. The molecule has 2 fully saturated rings. The Balaban J connectivity index is 1.59. The third-order valence-corrected chi connectivity index (χ3v) is 8.04. The Morgan fingerprint density at radius 3 is 2.44 bits per heavy atom. The number of alkyl carbamates (subject to hydrolysis) is 1. The van der Waals surface area contributed by atoms with Gasteiger partial charge in [-0.3, -0.25) is 14.4 Å². The maximum atomic E-state index is 14.0. The molecule has 2 aliphatic heterocycles. The van der Waals surface area contributed by atoms with E-state index in [9.17, 15) is 29.1 Å². The molecule has 0 aromatic heterocycles. The maximum absolute atomic E-state index is 14.0. The zero-order chi connectivity index (χ0) is 31.4. The minimum atomic E-state index is -1.44. The smallest absolute Gasteiger partial charge is 0.408 e. The summed E-state index contributed by atoms with van der Waals surface area (Å²) in [5.41, 5.74) is -1.85. The molecule has 43 heavy (non-hydrogen) atoms. The van der Waals surface area contributed by atoms with Crippen LogP contribution < -0.4 is 20.7 Å². The highest BCUT2D eigenvalue weighted by molar-refractivity contribution is 5.97. The topological polar surface area (TPSA) is 163 Å². The summed E-state index contributed by atoms with van der Waals surface area (Å²) in [6.45, 7) is 5.17. The van der Waals surface area contributed by atoms with E-state index in [0.29, 0.717) is 24.2 Å². The number of nitrogens with one attached hydrogen (secondary N) is 3. The first-order valence-electron chi connectivity index (χ1n) is 14.8. The molecule has 12 heteroatoms. The van der Waals surface area contributed by atoms with Gasteiger partial charge in [-0.15, -0.1) is 0 Å². The number of carboxylic acids is 1. The molecule has 3 aliphatic rings. The molecule has 1 aliphatic carbocycles. The summed E-state index contributed by atoms with van der Waals surface area (Å²) >= 11 is 0. The normalized spacial score (nSPS) is 28.6. The average Bonchev–Trinajstić information content (AvgIpc) is 3.48. The van der Waals surface area contributed by atoms with E-state index in [0.717, 1.165) is 19.3 Å². The highest BCUT2D eigenvalue weighted by Crippen LogP contribution is 2.45. The molecule has 0 bridgehead atoms. The number of nitrogens with zero attached hydrogens (tertiary/aromatic N) is 1. The fourth-order valence-corrected chi connectivity index (χ4v) is 5.67. The van der Waals surface area contributed by atoms with Crippen molar-refractivity contribution in [2.24, 2.45) is 5.92 Å². The van der Waals surface area contributed by atoms with E-state index in [-0.39, 0.29) is 31.2 Å². The minimum Gasteiger partial charge on any atom is -0.497 e. The molecule has 0 unspecified atom stereocenters. The molecule has 4 amide bonds. The summed E-state index contributed by atoms with van der Waals surface area (Å²) < 4.78 is 10.6. The van der Waals surface area contributed by atoms with Crippen molar-refractivity contribution >= 4 is 29.8 Å². The Hall–Kier alpha value is -4.09. The number of carboxylic acid groups (broad SMARTS) is 1. The molecule has 1 saturated heterocycles. The number of amides is 4. The second-order valence-electron chi connectivity index (χ2n) is 12.5. The molecule has 0 spiro atoms. The molecule has 5 atom stereocenters. The van der Waals surface area contributed by atoms with Gasteiger partial charge in [-0.25, -0.2) is 9.59 Å². The summed E-state index contributed by atoms with van der Waals surface area (Å²) in [5.74, 6) is -2.38. The number of carbonyl (C=O) groups is 5. The van der Waals surface area contributed by atoms with Gasteiger partial charge in [0.2, 0.25) is 11.8 Å². The van der Waals surface area contributed by atoms with Crippen molar-refractivity contribution in [3.8, 4) is 5.75 Å². The van der Waals surface area contributed by atoms with Crippen LogP contribution in [0.4, 0.5) is 4.79 Å². The van der Waals surface area contributed by atoms with E-state index in [1.165, 1.54) is 12.0 Å². The molecule has 1 aromatic carbocycles. The van der Waals surface area contributed by atoms with Crippen molar-refractivity contribution in [2.45, 2.75) is 95.0 Å². The third-order valence-electron chi connectivity index (χ3n) is 8.04. The van der Waals surface area contributed by atoms with Gasteiger partial charge in [0.15, 0.2) is 0 Å². The van der Waals surface area contributed by atoms with Gasteiger partial charge in [0.1, 0.15) is 29.0 Å². The minimum absolute atomic E-state index is 0.00865. The van der Waals surface area contributed by atoms with Gasteiger partial charge in [0.25, 0.3) is 5.91 Å². The Kier molecular flexibility index (Phi) is 9.66. The van der Waals surface area contributed by atoms with Crippen molar-refractivity contribution in [2.75, 3.05) is 13.7 Å². The van der Waals surface area contributed by atoms with Crippen LogP contribution >= 0.6 is 0 Å². The molecule has 234 valence electrons. The first kappa shape index (κ1) is 31.8. The van der Waals surface area contributed by atoms with Crippen LogP contribution in [0.1, 0.15) is 76.1 Å². The second-order valence-corrected chi connectivity index (χ2v) is 12.5. The van der Waals surface area contributed by atoms with Crippen molar-refractivity contribution in [1.82, 2.24) is 20.9 Å². The Morgan fingerprint density at radius 2 is 1.79 bits per heavy atom. The summed E-state index contributed by atoms with van der Waals surface area (Å²) in [5, 5.41) is 18.3. The van der Waals surface area contributed by atoms with Gasteiger partial charge in [-0.05, 0) is 77.1 Å². The van der Waals surface area contributed by atoms with Crippen molar-refractivity contribution < 1.29 is 38.6 Å². The number of hydrogen-bond acceptors (Lipinski definition) is 7. The van der Waals surface area contributed by atoms with Crippen LogP contribution in [-0.2, 0) is 19.1 Å². The number of benzene rings is 1. The van der Waals surface area contributed by atoms with Gasteiger partial charge in [0.05, 0.1) is 7.11 Å². The lowest BCUT2D eigenvalue weighted by Gasteiger charge is -2.30. The summed E-state index contributed by atoms with van der Waals surface area (Å²) in [6, 6.07) is 3.92. The first-order valence-corrected chi connectivity index (χ1v) is 14.8. The molecular weight excluding hydrogens is 556 g/mol. The van der Waals surface area contributed by atoms with Gasteiger partial charge in [-0.2, -0.15) is 0 Å². The quantitative estimate of drug-likeness (QED) is 0.376. The lowest BCUT2D eigenvalue weighted by atomic mass is 10.0. The first-order chi connectivity index (χ1) is 20.3. The van der Waals surface area contributed by atoms with E-state index < -0.39 is 53.1 Å². The van der Waals surface area contributed by atoms with Crippen LogP contribution in [0.5, 0.6) is 5.75 Å². The molecule has 4 N–H and O–H groups in total. The van der Waals surface area contributed by atoms with Crippen LogP contribution in [-0.4, -0.2) is 82.7 Å². The molecule has 4 rings (SSSR count). The Morgan fingerprint density at radius 1 is 1.07 bits per heavy atom. The Labute approximate surface area is 251 Å². The number of ether oxygens (including phenoxy) is 2. The van der Waals surface area contributed by atoms with E-state index >= 15 is 0 Å². The van der Waals surface area contributed by atoms with E-state index in [1.807, 2.05) is 12.2 Å². The van der Waals surface area contributed by atoms with Crippen molar-refractivity contribution in [3.05, 3.63) is 42.0 Å². The summed E-state index contributed by atoms with van der Waals surface area (Å²) in [7, 11) is 1.52. The van der Waals surface area contributed by atoms with Gasteiger partial charge in [0, 0.05) is 24.1 Å². The highest BCUT2D eigenvalue weighted by atomic mass is 16.6. The number of hydrogen-bond donors (Lipinski definition) is 4. The fraction of sp³-hybridized carbons (Fsp3) is 0.581. The number of methoxy groups -OCH3 is 1. The van der Waals surface area contributed by atoms with Crippen molar-refractivity contribution in [3.63, 3.8) is 0 Å². The number of aliphatic carboxylic acids is 1. The number of fused-ring (bicyclic) bond motifs is 2. The summed E-state index contributed by atoms with van der Waals surface area (Å²) in [6.07, 6.45) is 6.70. The van der Waals surface area contributed by atoms with Crippen molar-refractivity contribution in [1.29, 1.82) is 0 Å². The highest BCUT2D eigenvalue weighted by Gasteiger charge is 2.61.